The molecule has 0 fully saturated rings. The van der Waals surface area contributed by atoms with Gasteiger partial charge in [0.25, 0.3) is 5.91 Å². The summed E-state index contributed by atoms with van der Waals surface area (Å²) in [6.07, 6.45) is -1.74. The van der Waals surface area contributed by atoms with E-state index in [4.69, 9.17) is 0 Å². The van der Waals surface area contributed by atoms with E-state index in [1.165, 1.54) is 18.5 Å². The Morgan fingerprint density at radius 2 is 1.97 bits per heavy atom. The van der Waals surface area contributed by atoms with Crippen LogP contribution in [0.2, 0.25) is 0 Å². The maximum absolute atomic E-state index is 13.7. The van der Waals surface area contributed by atoms with Crippen LogP contribution in [-0.2, 0) is 6.54 Å². The van der Waals surface area contributed by atoms with E-state index in [0.29, 0.717) is 10.3 Å². The SMILES string of the molecule is CC(C)(C)NC(=O)c1c[nH]c2ncc(-c3nn(CC(F)(F)F)c4cc(F)ccc34)nc12. The Kier molecular flexibility index (Phi) is 4.71. The summed E-state index contributed by atoms with van der Waals surface area (Å²) in [4.78, 5) is 24.1. The standard InChI is InChI=1S/C20H18F4N6O/c1-19(2,3)28-18(31)12-7-25-17-16(12)27-13(8-26-17)15-11-5-4-10(21)6-14(11)30(29-15)9-20(22,23)24/h4-8H,9H2,1-3H3,(H,25,26)(H,28,31). The number of H-pyrrole nitrogens is 1. The van der Waals surface area contributed by atoms with Crippen molar-refractivity contribution in [3.05, 3.63) is 42.0 Å². The molecule has 4 aromatic rings. The Balaban J connectivity index is 1.85. The quantitative estimate of drug-likeness (QED) is 0.473. The van der Waals surface area contributed by atoms with Gasteiger partial charge in [-0.15, -0.1) is 0 Å². The Bertz CT molecular complexity index is 1300. The molecule has 0 aliphatic rings. The Hall–Kier alpha value is -3.50. The largest absolute Gasteiger partial charge is 0.408 e. The van der Waals surface area contributed by atoms with Crippen LogP contribution in [-0.4, -0.2) is 42.4 Å². The average molecular weight is 434 g/mol. The van der Waals surface area contributed by atoms with Gasteiger partial charge in [-0.3, -0.25) is 9.48 Å². The first-order chi connectivity index (χ1) is 14.4. The zero-order chi connectivity index (χ0) is 22.6. The zero-order valence-electron chi connectivity index (χ0n) is 16.8. The van der Waals surface area contributed by atoms with Crippen molar-refractivity contribution in [1.82, 2.24) is 30.0 Å². The molecule has 162 valence electrons. The van der Waals surface area contributed by atoms with Gasteiger partial charge in [-0.2, -0.15) is 18.3 Å². The van der Waals surface area contributed by atoms with Crippen LogP contribution >= 0.6 is 0 Å². The number of aromatic nitrogens is 5. The van der Waals surface area contributed by atoms with Crippen LogP contribution in [0.25, 0.3) is 33.5 Å². The minimum absolute atomic E-state index is 0.0195. The number of nitrogens with one attached hydrogen (secondary N) is 2. The molecule has 1 aromatic carbocycles. The van der Waals surface area contributed by atoms with Crippen molar-refractivity contribution in [1.29, 1.82) is 0 Å². The first kappa shape index (κ1) is 20.8. The normalized spacial score (nSPS) is 12.6. The lowest BCUT2D eigenvalue weighted by Gasteiger charge is -2.19. The third-order valence-electron chi connectivity index (χ3n) is 4.40. The Labute approximate surface area is 173 Å². The van der Waals surface area contributed by atoms with E-state index >= 15 is 0 Å². The van der Waals surface area contributed by atoms with Crippen LogP contribution in [0.1, 0.15) is 31.1 Å². The van der Waals surface area contributed by atoms with Crippen LogP contribution in [0.3, 0.4) is 0 Å². The number of rotatable bonds is 3. The van der Waals surface area contributed by atoms with E-state index in [1.807, 2.05) is 20.8 Å². The highest BCUT2D eigenvalue weighted by atomic mass is 19.4. The maximum atomic E-state index is 13.7. The van der Waals surface area contributed by atoms with Gasteiger partial charge < -0.3 is 10.3 Å². The van der Waals surface area contributed by atoms with Crippen molar-refractivity contribution in [3.63, 3.8) is 0 Å². The molecule has 3 aromatic heterocycles. The second-order valence-electron chi connectivity index (χ2n) is 8.14. The summed E-state index contributed by atoms with van der Waals surface area (Å²) < 4.78 is 53.4. The fourth-order valence-electron chi connectivity index (χ4n) is 3.21. The van der Waals surface area contributed by atoms with Gasteiger partial charge in [-0.25, -0.2) is 14.4 Å². The van der Waals surface area contributed by atoms with E-state index in [9.17, 15) is 22.4 Å². The highest BCUT2D eigenvalue weighted by Crippen LogP contribution is 2.30. The molecule has 0 bridgehead atoms. The number of hydrogen-bond donors (Lipinski definition) is 2. The number of fused-ring (bicyclic) bond motifs is 2. The molecule has 0 aliphatic heterocycles. The van der Waals surface area contributed by atoms with Crippen molar-refractivity contribution >= 4 is 28.0 Å². The number of alkyl halides is 3. The lowest BCUT2D eigenvalue weighted by molar-refractivity contribution is -0.141. The third-order valence-corrected chi connectivity index (χ3v) is 4.40. The number of nitrogens with zero attached hydrogens (tertiary/aromatic N) is 4. The molecule has 2 N–H and O–H groups in total. The maximum Gasteiger partial charge on any atom is 0.408 e. The topological polar surface area (TPSA) is 88.5 Å². The molecule has 31 heavy (non-hydrogen) atoms. The number of carbonyl (C=O) groups excluding carboxylic acids is 1. The first-order valence-electron chi connectivity index (χ1n) is 9.31. The van der Waals surface area contributed by atoms with Gasteiger partial charge in [0, 0.05) is 17.1 Å². The number of aromatic amines is 1. The molecule has 0 atom stereocenters. The summed E-state index contributed by atoms with van der Waals surface area (Å²) in [6, 6.07) is 3.47. The highest BCUT2D eigenvalue weighted by Gasteiger charge is 2.30. The van der Waals surface area contributed by atoms with Gasteiger partial charge in [-0.1, -0.05) is 0 Å². The summed E-state index contributed by atoms with van der Waals surface area (Å²) in [6.45, 7) is 4.10. The van der Waals surface area contributed by atoms with Crippen molar-refractivity contribution in [2.75, 3.05) is 0 Å². The minimum atomic E-state index is -4.54. The van der Waals surface area contributed by atoms with Crippen molar-refractivity contribution in [3.8, 4) is 11.4 Å². The van der Waals surface area contributed by atoms with E-state index < -0.39 is 24.1 Å². The smallest absolute Gasteiger partial charge is 0.347 e. The molecule has 0 saturated carbocycles. The van der Waals surface area contributed by atoms with Crippen LogP contribution in [0.4, 0.5) is 17.6 Å². The zero-order valence-corrected chi connectivity index (χ0v) is 16.8. The van der Waals surface area contributed by atoms with E-state index in [1.54, 1.807) is 0 Å². The number of halogens is 4. The second kappa shape index (κ2) is 7.03. The van der Waals surface area contributed by atoms with Crippen LogP contribution in [0.5, 0.6) is 0 Å². The summed E-state index contributed by atoms with van der Waals surface area (Å²) in [5.74, 6) is -1.06. The lowest BCUT2D eigenvalue weighted by Crippen LogP contribution is -2.40. The van der Waals surface area contributed by atoms with Gasteiger partial charge in [0.1, 0.15) is 29.3 Å². The summed E-state index contributed by atoms with van der Waals surface area (Å²) in [7, 11) is 0. The van der Waals surface area contributed by atoms with Crippen molar-refractivity contribution in [2.45, 2.75) is 39.0 Å². The fraction of sp³-hybridized carbons (Fsp3) is 0.300. The van der Waals surface area contributed by atoms with Gasteiger partial charge in [0.05, 0.1) is 17.3 Å². The molecule has 11 heteroatoms. The average Bonchev–Trinajstić information content (AvgIpc) is 3.20. The number of hydrogen-bond acceptors (Lipinski definition) is 4. The molecule has 0 unspecified atom stereocenters. The number of benzene rings is 1. The van der Waals surface area contributed by atoms with Crippen LogP contribution in [0, 0.1) is 5.82 Å². The van der Waals surface area contributed by atoms with Crippen LogP contribution < -0.4 is 5.32 Å². The van der Waals surface area contributed by atoms with Crippen LogP contribution in [0.15, 0.2) is 30.6 Å². The number of carbonyl (C=O) groups is 1. The number of amides is 1. The molecule has 0 spiro atoms. The van der Waals surface area contributed by atoms with E-state index in [0.717, 1.165) is 12.1 Å². The summed E-state index contributed by atoms with van der Waals surface area (Å²) >= 11 is 0. The van der Waals surface area contributed by atoms with Crippen molar-refractivity contribution in [2.24, 2.45) is 0 Å². The molecule has 7 nitrogen and oxygen atoms in total. The molecule has 3 heterocycles. The van der Waals surface area contributed by atoms with Gasteiger partial charge in [-0.05, 0) is 39.0 Å². The monoisotopic (exact) mass is 434 g/mol. The Morgan fingerprint density at radius 3 is 2.65 bits per heavy atom. The molecule has 4 rings (SSSR count). The second-order valence-corrected chi connectivity index (χ2v) is 8.14. The summed E-state index contributed by atoms with van der Waals surface area (Å²) in [5.41, 5.74) is 0.597. The first-order valence-corrected chi connectivity index (χ1v) is 9.31. The fourth-order valence-corrected chi connectivity index (χ4v) is 3.21. The van der Waals surface area contributed by atoms with E-state index in [2.05, 4.69) is 25.4 Å². The third kappa shape index (κ3) is 4.21. The molecule has 0 aliphatic carbocycles. The molecular formula is C20H18F4N6O. The van der Waals surface area contributed by atoms with Gasteiger partial charge in [0.15, 0.2) is 5.65 Å². The summed E-state index contributed by atoms with van der Waals surface area (Å²) in [5, 5.41) is 7.14. The lowest BCUT2D eigenvalue weighted by atomic mass is 10.1. The molecule has 0 radical (unpaired) electrons. The molecule has 0 saturated heterocycles. The highest BCUT2D eigenvalue weighted by molar-refractivity contribution is 6.05. The molecular weight excluding hydrogens is 416 g/mol. The predicted molar refractivity (Wildman–Crippen MR) is 106 cm³/mol. The minimum Gasteiger partial charge on any atom is -0.347 e. The predicted octanol–water partition coefficient (Wildman–Crippen LogP) is 4.20. The van der Waals surface area contributed by atoms with Crippen molar-refractivity contribution < 1.29 is 22.4 Å². The Morgan fingerprint density at radius 1 is 1.23 bits per heavy atom. The van der Waals surface area contributed by atoms with E-state index in [-0.39, 0.29) is 39.3 Å². The van der Waals surface area contributed by atoms with Gasteiger partial charge >= 0.3 is 6.18 Å². The molecule has 1 amide bonds. The van der Waals surface area contributed by atoms with Gasteiger partial charge in [0.2, 0.25) is 0 Å².